The van der Waals surface area contributed by atoms with Gasteiger partial charge in [0.25, 0.3) is 0 Å². The van der Waals surface area contributed by atoms with Gasteiger partial charge in [0.15, 0.2) is 6.10 Å². The molecule has 0 aliphatic carbocycles. The fourth-order valence-electron chi connectivity index (χ4n) is 7.19. The summed E-state index contributed by atoms with van der Waals surface area (Å²) >= 11 is 0. The van der Waals surface area contributed by atoms with Crippen LogP contribution in [0.1, 0.15) is 258 Å². The highest BCUT2D eigenvalue weighted by molar-refractivity contribution is 5.71. The number of unbranched alkanes of at least 4 members (excludes halogenated alkanes) is 27. The summed E-state index contributed by atoms with van der Waals surface area (Å²) in [4.78, 5) is 37.9. The molecule has 0 spiro atoms. The Morgan fingerprint density at radius 2 is 0.600 bits per heavy atom. The fraction of sp³-hybridized carbons (Fsp3) is 0.796. The van der Waals surface area contributed by atoms with E-state index < -0.39 is 6.10 Å². The lowest BCUT2D eigenvalue weighted by Crippen LogP contribution is -2.30. The van der Waals surface area contributed by atoms with Crippen LogP contribution in [0.2, 0.25) is 0 Å². The molecular weight excluding hydrogens is 745 g/mol. The van der Waals surface area contributed by atoms with E-state index in [4.69, 9.17) is 14.2 Å². The van der Waals surface area contributed by atoms with Gasteiger partial charge in [0, 0.05) is 19.3 Å². The van der Waals surface area contributed by atoms with E-state index in [-0.39, 0.29) is 31.1 Å². The molecule has 0 saturated carbocycles. The number of carbonyl (C=O) groups excluding carboxylic acids is 3. The molecule has 0 amide bonds. The maximum Gasteiger partial charge on any atom is 0.306 e. The van der Waals surface area contributed by atoms with Gasteiger partial charge in [0.2, 0.25) is 0 Å². The normalized spacial score (nSPS) is 12.4. The van der Waals surface area contributed by atoms with Crippen LogP contribution in [-0.4, -0.2) is 37.2 Å². The van der Waals surface area contributed by atoms with Crippen LogP contribution in [0.4, 0.5) is 0 Å². The van der Waals surface area contributed by atoms with Crippen molar-refractivity contribution in [1.82, 2.24) is 0 Å². The molecular formula is C54H96O6. The summed E-state index contributed by atoms with van der Waals surface area (Å²) in [6.45, 7) is 6.58. The molecule has 0 N–H and O–H groups in total. The lowest BCUT2D eigenvalue weighted by Gasteiger charge is -2.18. The van der Waals surface area contributed by atoms with Crippen LogP contribution in [0.5, 0.6) is 0 Å². The van der Waals surface area contributed by atoms with Gasteiger partial charge in [-0.05, 0) is 64.2 Å². The van der Waals surface area contributed by atoms with Gasteiger partial charge in [-0.1, -0.05) is 223 Å². The third-order valence-electron chi connectivity index (χ3n) is 11.1. The van der Waals surface area contributed by atoms with Gasteiger partial charge in [0.1, 0.15) is 13.2 Å². The van der Waals surface area contributed by atoms with Crippen LogP contribution in [0.15, 0.2) is 48.6 Å². The van der Waals surface area contributed by atoms with Gasteiger partial charge in [0.05, 0.1) is 0 Å². The number of rotatable bonds is 46. The van der Waals surface area contributed by atoms with Gasteiger partial charge < -0.3 is 14.2 Å². The van der Waals surface area contributed by atoms with Crippen LogP contribution in [-0.2, 0) is 28.6 Å². The zero-order valence-corrected chi connectivity index (χ0v) is 39.7. The Labute approximate surface area is 371 Å². The summed E-state index contributed by atoms with van der Waals surface area (Å²) in [6.07, 6.45) is 58.0. The highest BCUT2D eigenvalue weighted by Crippen LogP contribution is 2.15. The Morgan fingerprint density at radius 1 is 0.333 bits per heavy atom. The zero-order valence-electron chi connectivity index (χ0n) is 39.7. The Kier molecular flexibility index (Phi) is 46.9. The van der Waals surface area contributed by atoms with E-state index in [1.807, 2.05) is 0 Å². The van der Waals surface area contributed by atoms with Crippen molar-refractivity contribution in [3.8, 4) is 0 Å². The number of hydrogen-bond donors (Lipinski definition) is 0. The highest BCUT2D eigenvalue weighted by Gasteiger charge is 2.19. The Morgan fingerprint density at radius 3 is 0.967 bits per heavy atom. The van der Waals surface area contributed by atoms with E-state index in [1.54, 1.807) is 0 Å². The first-order chi connectivity index (χ1) is 29.5. The minimum atomic E-state index is -0.780. The Hall–Kier alpha value is -2.63. The number of esters is 3. The topological polar surface area (TPSA) is 78.9 Å². The fourth-order valence-corrected chi connectivity index (χ4v) is 7.19. The Balaban J connectivity index is 4.38. The second-order valence-electron chi connectivity index (χ2n) is 17.1. The first-order valence-electron chi connectivity index (χ1n) is 25.6. The van der Waals surface area contributed by atoms with E-state index >= 15 is 0 Å². The third-order valence-corrected chi connectivity index (χ3v) is 11.1. The van der Waals surface area contributed by atoms with Crippen LogP contribution in [0, 0.1) is 0 Å². The molecule has 0 saturated heterocycles. The number of allylic oxidation sites excluding steroid dienone is 8. The van der Waals surface area contributed by atoms with E-state index in [0.717, 1.165) is 83.5 Å². The van der Waals surface area contributed by atoms with E-state index in [2.05, 4.69) is 69.4 Å². The Bertz CT molecular complexity index is 1060. The largest absolute Gasteiger partial charge is 0.462 e. The molecule has 0 radical (unpaired) electrons. The molecule has 0 fully saturated rings. The van der Waals surface area contributed by atoms with Crippen molar-refractivity contribution in [3.63, 3.8) is 0 Å². The van der Waals surface area contributed by atoms with Crippen LogP contribution in [0.25, 0.3) is 0 Å². The molecule has 0 aromatic rings. The van der Waals surface area contributed by atoms with Crippen LogP contribution < -0.4 is 0 Å². The molecule has 6 nitrogen and oxygen atoms in total. The van der Waals surface area contributed by atoms with Gasteiger partial charge >= 0.3 is 17.9 Å². The van der Waals surface area contributed by atoms with E-state index in [1.165, 1.54) is 135 Å². The monoisotopic (exact) mass is 841 g/mol. The molecule has 0 rings (SSSR count). The molecule has 0 bridgehead atoms. The number of carbonyl (C=O) groups is 3. The standard InChI is InChI=1S/C54H96O6/c1-4-7-10-13-16-19-22-24-25-26-27-28-29-31-32-35-38-41-44-47-53(56)59-50-51(49-58-52(55)46-43-40-37-34-21-18-15-12-9-6-3)60-54(57)48-45-42-39-36-33-30-23-20-17-14-11-8-5-2/h16,19,24-25,27-28,31-32,51H,4-15,17-18,20-23,26,29-30,33-50H2,1-3H3/b19-16-,25-24-,28-27-,32-31-/t51-/m1/s1. The molecule has 60 heavy (non-hydrogen) atoms. The van der Waals surface area contributed by atoms with Gasteiger partial charge in [-0.15, -0.1) is 0 Å². The second-order valence-corrected chi connectivity index (χ2v) is 17.1. The summed E-state index contributed by atoms with van der Waals surface area (Å²) in [7, 11) is 0. The zero-order chi connectivity index (χ0) is 43.7. The minimum Gasteiger partial charge on any atom is -0.462 e. The average molecular weight is 841 g/mol. The second kappa shape index (κ2) is 49.0. The van der Waals surface area contributed by atoms with Crippen molar-refractivity contribution in [3.05, 3.63) is 48.6 Å². The van der Waals surface area contributed by atoms with Crippen molar-refractivity contribution in [2.75, 3.05) is 13.2 Å². The van der Waals surface area contributed by atoms with Crippen molar-refractivity contribution < 1.29 is 28.6 Å². The van der Waals surface area contributed by atoms with Gasteiger partial charge in [-0.3, -0.25) is 14.4 Å². The maximum atomic E-state index is 12.8. The molecule has 0 aromatic carbocycles. The van der Waals surface area contributed by atoms with Crippen molar-refractivity contribution in [2.45, 2.75) is 264 Å². The molecule has 348 valence electrons. The molecule has 0 aromatic heterocycles. The van der Waals surface area contributed by atoms with Crippen molar-refractivity contribution in [1.29, 1.82) is 0 Å². The average Bonchev–Trinajstić information content (AvgIpc) is 3.24. The van der Waals surface area contributed by atoms with E-state index in [0.29, 0.717) is 19.3 Å². The van der Waals surface area contributed by atoms with Gasteiger partial charge in [-0.25, -0.2) is 0 Å². The molecule has 0 aliphatic heterocycles. The first-order valence-corrected chi connectivity index (χ1v) is 25.6. The first kappa shape index (κ1) is 57.4. The van der Waals surface area contributed by atoms with Crippen LogP contribution >= 0.6 is 0 Å². The number of ether oxygens (including phenoxy) is 3. The molecule has 1 atom stereocenters. The minimum absolute atomic E-state index is 0.0801. The summed E-state index contributed by atoms with van der Waals surface area (Å²) in [5, 5.41) is 0. The summed E-state index contributed by atoms with van der Waals surface area (Å²) in [5.41, 5.74) is 0. The van der Waals surface area contributed by atoms with Crippen molar-refractivity contribution in [2.24, 2.45) is 0 Å². The summed E-state index contributed by atoms with van der Waals surface area (Å²) < 4.78 is 16.7. The lowest BCUT2D eigenvalue weighted by atomic mass is 10.0. The third kappa shape index (κ3) is 46.4. The molecule has 0 unspecified atom stereocenters. The smallest absolute Gasteiger partial charge is 0.306 e. The molecule has 0 aliphatic rings. The molecule has 0 heterocycles. The predicted molar refractivity (Wildman–Crippen MR) is 256 cm³/mol. The van der Waals surface area contributed by atoms with E-state index in [9.17, 15) is 14.4 Å². The quantitative estimate of drug-likeness (QED) is 0.0263. The lowest BCUT2D eigenvalue weighted by molar-refractivity contribution is -0.167. The SMILES string of the molecule is CCCCC/C=C\C/C=C\C/C=C\C/C=C\CCCCCC(=O)OC[C@@H](COC(=O)CCCCCCCCCCCC)OC(=O)CCCCCCCCCCCCCCC. The maximum absolute atomic E-state index is 12.8. The van der Waals surface area contributed by atoms with Gasteiger partial charge in [-0.2, -0.15) is 0 Å². The molecule has 6 heteroatoms. The summed E-state index contributed by atoms with van der Waals surface area (Å²) in [6, 6.07) is 0. The van der Waals surface area contributed by atoms with Crippen molar-refractivity contribution >= 4 is 17.9 Å². The summed E-state index contributed by atoms with van der Waals surface area (Å²) in [5.74, 6) is -0.906. The number of hydrogen-bond acceptors (Lipinski definition) is 6. The highest BCUT2D eigenvalue weighted by atomic mass is 16.6. The van der Waals surface area contributed by atoms with Crippen LogP contribution in [0.3, 0.4) is 0 Å². The predicted octanol–water partition coefficient (Wildman–Crippen LogP) is 16.7.